The lowest BCUT2D eigenvalue weighted by atomic mass is 9.92. The zero-order chi connectivity index (χ0) is 16.4. The maximum atomic E-state index is 5.14. The van der Waals surface area contributed by atoms with Gasteiger partial charge in [-0.15, -0.1) is 0 Å². The predicted octanol–water partition coefficient (Wildman–Crippen LogP) is 3.99. The molecule has 4 nitrogen and oxygen atoms in total. The molecule has 0 N–H and O–H groups in total. The minimum atomic E-state index is 0.275. The van der Waals surface area contributed by atoms with Crippen LogP contribution in [0.3, 0.4) is 0 Å². The minimum Gasteiger partial charge on any atom is -0.355 e. The summed E-state index contributed by atoms with van der Waals surface area (Å²) in [6.45, 7) is 11.7. The SMILES string of the molecule is Cn1c(CC(C)(C)C)nc(N2CCCCC2)c1N1CCCCC1. The van der Waals surface area contributed by atoms with Gasteiger partial charge in [0.05, 0.1) is 0 Å². The lowest BCUT2D eigenvalue weighted by molar-refractivity contribution is 0.395. The molecule has 0 amide bonds. The fourth-order valence-corrected chi connectivity index (χ4v) is 3.93. The smallest absolute Gasteiger partial charge is 0.172 e. The molecule has 2 saturated heterocycles. The van der Waals surface area contributed by atoms with E-state index in [1.165, 1.54) is 82.2 Å². The van der Waals surface area contributed by atoms with Crippen molar-refractivity contribution in [3.63, 3.8) is 0 Å². The summed E-state index contributed by atoms with van der Waals surface area (Å²) in [7, 11) is 2.23. The van der Waals surface area contributed by atoms with Gasteiger partial charge < -0.3 is 14.4 Å². The largest absolute Gasteiger partial charge is 0.355 e. The highest BCUT2D eigenvalue weighted by Gasteiger charge is 2.27. The van der Waals surface area contributed by atoms with E-state index in [2.05, 4.69) is 42.2 Å². The number of aromatic nitrogens is 2. The molecule has 2 aliphatic rings. The van der Waals surface area contributed by atoms with E-state index in [0.29, 0.717) is 0 Å². The normalized spacial score (nSPS) is 20.2. The summed E-state index contributed by atoms with van der Waals surface area (Å²) in [6, 6.07) is 0. The van der Waals surface area contributed by atoms with Crippen LogP contribution in [0, 0.1) is 5.41 Å². The quantitative estimate of drug-likeness (QED) is 0.842. The van der Waals surface area contributed by atoms with Gasteiger partial charge in [0, 0.05) is 39.6 Å². The van der Waals surface area contributed by atoms with E-state index in [1.807, 2.05) is 0 Å². The van der Waals surface area contributed by atoms with Gasteiger partial charge in [0.15, 0.2) is 11.6 Å². The van der Waals surface area contributed by atoms with Gasteiger partial charge >= 0.3 is 0 Å². The molecule has 0 saturated carbocycles. The Morgan fingerprint density at radius 1 is 0.826 bits per heavy atom. The number of piperidine rings is 2. The average Bonchev–Trinajstić information content (AvgIpc) is 2.84. The Morgan fingerprint density at radius 3 is 1.87 bits per heavy atom. The molecule has 0 spiro atoms. The molecule has 4 heteroatoms. The summed E-state index contributed by atoms with van der Waals surface area (Å²) in [4.78, 5) is 10.3. The van der Waals surface area contributed by atoms with Crippen molar-refractivity contribution in [2.45, 2.75) is 65.7 Å². The first-order chi connectivity index (χ1) is 11.0. The average molecular weight is 319 g/mol. The Kier molecular flexibility index (Phi) is 4.88. The molecular weight excluding hydrogens is 284 g/mol. The summed E-state index contributed by atoms with van der Waals surface area (Å²) in [5.74, 6) is 3.89. The van der Waals surface area contributed by atoms with E-state index in [9.17, 15) is 0 Å². The Bertz CT molecular complexity index is 514. The number of anilines is 2. The topological polar surface area (TPSA) is 24.3 Å². The van der Waals surface area contributed by atoms with Crippen molar-refractivity contribution in [2.24, 2.45) is 12.5 Å². The molecular formula is C19H34N4. The Balaban J connectivity index is 1.95. The van der Waals surface area contributed by atoms with Crippen LogP contribution in [0.5, 0.6) is 0 Å². The first kappa shape index (κ1) is 16.7. The second-order valence-corrected chi connectivity index (χ2v) is 8.57. The van der Waals surface area contributed by atoms with E-state index >= 15 is 0 Å². The summed E-state index contributed by atoms with van der Waals surface area (Å²) >= 11 is 0. The van der Waals surface area contributed by atoms with Gasteiger partial charge in [0.25, 0.3) is 0 Å². The molecule has 0 aromatic carbocycles. The molecule has 130 valence electrons. The van der Waals surface area contributed by atoms with Crippen LogP contribution in [-0.4, -0.2) is 35.7 Å². The summed E-state index contributed by atoms with van der Waals surface area (Å²) in [5, 5.41) is 0. The Morgan fingerprint density at radius 2 is 1.35 bits per heavy atom. The van der Waals surface area contributed by atoms with Crippen LogP contribution in [0.15, 0.2) is 0 Å². The first-order valence-electron chi connectivity index (χ1n) is 9.51. The Labute approximate surface area is 141 Å². The molecule has 2 aliphatic heterocycles. The van der Waals surface area contributed by atoms with Crippen LogP contribution in [-0.2, 0) is 13.5 Å². The molecule has 3 heterocycles. The van der Waals surface area contributed by atoms with Gasteiger partial charge in [-0.2, -0.15) is 0 Å². The molecule has 0 unspecified atom stereocenters. The van der Waals surface area contributed by atoms with Gasteiger partial charge in [-0.1, -0.05) is 20.8 Å². The molecule has 0 radical (unpaired) electrons. The fraction of sp³-hybridized carbons (Fsp3) is 0.842. The third-order valence-electron chi connectivity index (χ3n) is 5.14. The van der Waals surface area contributed by atoms with Gasteiger partial charge in [-0.05, 0) is 43.9 Å². The highest BCUT2D eigenvalue weighted by atomic mass is 15.3. The maximum Gasteiger partial charge on any atom is 0.172 e. The number of imidazole rings is 1. The van der Waals surface area contributed by atoms with E-state index in [0.717, 1.165) is 6.42 Å². The van der Waals surface area contributed by atoms with Crippen molar-refractivity contribution in [3.05, 3.63) is 5.82 Å². The second kappa shape index (κ2) is 6.74. The Hall–Kier alpha value is -1.19. The van der Waals surface area contributed by atoms with Crippen molar-refractivity contribution in [1.82, 2.24) is 9.55 Å². The van der Waals surface area contributed by atoms with E-state index in [4.69, 9.17) is 4.98 Å². The molecule has 0 atom stereocenters. The van der Waals surface area contributed by atoms with E-state index in [-0.39, 0.29) is 5.41 Å². The van der Waals surface area contributed by atoms with Crippen LogP contribution >= 0.6 is 0 Å². The van der Waals surface area contributed by atoms with Crippen LogP contribution < -0.4 is 9.80 Å². The molecule has 1 aromatic rings. The standard InChI is InChI=1S/C19H34N4/c1-19(2,3)15-16-20-17(22-11-7-5-8-12-22)18(21(16)4)23-13-9-6-10-14-23/h5-15H2,1-4H3. The first-order valence-corrected chi connectivity index (χ1v) is 9.51. The molecule has 2 fully saturated rings. The van der Waals surface area contributed by atoms with E-state index in [1.54, 1.807) is 0 Å². The third-order valence-corrected chi connectivity index (χ3v) is 5.14. The monoisotopic (exact) mass is 318 g/mol. The molecule has 1 aromatic heterocycles. The highest BCUT2D eigenvalue weighted by molar-refractivity contribution is 5.65. The summed E-state index contributed by atoms with van der Waals surface area (Å²) in [5.41, 5.74) is 0.275. The van der Waals surface area contributed by atoms with E-state index < -0.39 is 0 Å². The number of rotatable bonds is 3. The van der Waals surface area contributed by atoms with Crippen molar-refractivity contribution in [3.8, 4) is 0 Å². The summed E-state index contributed by atoms with van der Waals surface area (Å²) in [6.07, 6.45) is 9.05. The van der Waals surface area contributed by atoms with Crippen molar-refractivity contribution in [1.29, 1.82) is 0 Å². The van der Waals surface area contributed by atoms with Crippen LogP contribution in [0.2, 0.25) is 0 Å². The lowest BCUT2D eigenvalue weighted by Crippen LogP contribution is -2.35. The van der Waals surface area contributed by atoms with Crippen LogP contribution in [0.1, 0.15) is 65.1 Å². The fourth-order valence-electron chi connectivity index (χ4n) is 3.93. The highest BCUT2D eigenvalue weighted by Crippen LogP contribution is 2.35. The van der Waals surface area contributed by atoms with Crippen molar-refractivity contribution in [2.75, 3.05) is 36.0 Å². The zero-order valence-corrected chi connectivity index (χ0v) is 15.6. The van der Waals surface area contributed by atoms with Crippen LogP contribution in [0.4, 0.5) is 11.6 Å². The van der Waals surface area contributed by atoms with Gasteiger partial charge in [-0.25, -0.2) is 4.98 Å². The number of hydrogen-bond acceptors (Lipinski definition) is 3. The number of hydrogen-bond donors (Lipinski definition) is 0. The van der Waals surface area contributed by atoms with Gasteiger partial charge in [-0.3, -0.25) is 0 Å². The third kappa shape index (κ3) is 3.84. The lowest BCUT2D eigenvalue weighted by Gasteiger charge is -2.33. The molecule has 23 heavy (non-hydrogen) atoms. The number of nitrogens with zero attached hydrogens (tertiary/aromatic N) is 4. The van der Waals surface area contributed by atoms with Crippen molar-refractivity contribution >= 4 is 11.6 Å². The summed E-state index contributed by atoms with van der Waals surface area (Å²) < 4.78 is 2.39. The van der Waals surface area contributed by atoms with Gasteiger partial charge in [0.1, 0.15) is 5.82 Å². The predicted molar refractivity (Wildman–Crippen MR) is 98.5 cm³/mol. The maximum absolute atomic E-state index is 5.14. The zero-order valence-electron chi connectivity index (χ0n) is 15.6. The van der Waals surface area contributed by atoms with Gasteiger partial charge in [0.2, 0.25) is 0 Å². The second-order valence-electron chi connectivity index (χ2n) is 8.57. The molecule has 3 rings (SSSR count). The molecule has 0 bridgehead atoms. The molecule has 0 aliphatic carbocycles. The van der Waals surface area contributed by atoms with Crippen molar-refractivity contribution < 1.29 is 0 Å². The van der Waals surface area contributed by atoms with Crippen LogP contribution in [0.25, 0.3) is 0 Å². The minimum absolute atomic E-state index is 0.275.